The van der Waals surface area contributed by atoms with Gasteiger partial charge in [0.25, 0.3) is 0 Å². The number of imidazole rings is 1. The fourth-order valence-electron chi connectivity index (χ4n) is 4.36. The number of ketones is 1. The number of Topliss-reactive ketones (excluding diaryl/α,β-unsaturated/α-hetero) is 1. The van der Waals surface area contributed by atoms with Gasteiger partial charge >= 0.3 is 5.69 Å². The van der Waals surface area contributed by atoms with Gasteiger partial charge in [0, 0.05) is 6.54 Å². The van der Waals surface area contributed by atoms with Crippen LogP contribution in [0.15, 0.2) is 65.7 Å². The second-order valence-corrected chi connectivity index (χ2v) is 7.96. The molecule has 9 nitrogen and oxygen atoms in total. The number of fused-ring (bicyclic) bond motifs is 1. The summed E-state index contributed by atoms with van der Waals surface area (Å²) < 4.78 is 8.71. The number of carbonyl (C=O) groups excluding carboxylic acids is 1. The van der Waals surface area contributed by atoms with E-state index < -0.39 is 11.2 Å². The molecule has 10 heteroatoms. The molecule has 0 saturated carbocycles. The summed E-state index contributed by atoms with van der Waals surface area (Å²) in [7, 11) is 0. The van der Waals surface area contributed by atoms with Crippen molar-refractivity contribution in [3.8, 4) is 29.0 Å². The van der Waals surface area contributed by atoms with Gasteiger partial charge in [-0.05, 0) is 62.2 Å². The van der Waals surface area contributed by atoms with Gasteiger partial charge in [-0.3, -0.25) is 13.9 Å². The highest BCUT2D eigenvalue weighted by molar-refractivity contribution is 6.03. The van der Waals surface area contributed by atoms with Crippen LogP contribution >= 0.6 is 12.4 Å². The van der Waals surface area contributed by atoms with Gasteiger partial charge in [0.05, 0.1) is 5.69 Å². The number of rotatable bonds is 5. The van der Waals surface area contributed by atoms with E-state index in [1.165, 1.54) is 15.5 Å². The van der Waals surface area contributed by atoms with Crippen molar-refractivity contribution in [1.29, 1.82) is 0 Å². The maximum Gasteiger partial charge on any atom is 0.336 e. The van der Waals surface area contributed by atoms with Crippen molar-refractivity contribution >= 4 is 35.2 Å². The summed E-state index contributed by atoms with van der Waals surface area (Å²) in [6, 6.07) is 16.4. The Morgan fingerprint density at radius 2 is 1.83 bits per heavy atom. The van der Waals surface area contributed by atoms with Crippen molar-refractivity contribution in [2.24, 2.45) is 0 Å². The fraction of sp³-hybridized carbons (Fsp3) is 0.200. The fourth-order valence-corrected chi connectivity index (χ4v) is 4.36. The molecule has 2 aromatic carbocycles. The average Bonchev–Trinajstić information content (AvgIpc) is 3.44. The summed E-state index contributed by atoms with van der Waals surface area (Å²) in [6.45, 7) is 2.44. The summed E-state index contributed by atoms with van der Waals surface area (Å²) in [4.78, 5) is 35.4. The second-order valence-electron chi connectivity index (χ2n) is 7.96. The van der Waals surface area contributed by atoms with Crippen LogP contribution in [0.25, 0.3) is 16.9 Å². The number of nitrogens with zero attached hydrogens (tertiary/aromatic N) is 4. The lowest BCUT2D eigenvalue weighted by Gasteiger charge is -2.25. The molecule has 1 aliphatic rings. The van der Waals surface area contributed by atoms with Gasteiger partial charge in [-0.25, -0.2) is 14.8 Å². The molecule has 3 N–H and O–H groups in total. The number of hydrogen-bond acceptors (Lipinski definition) is 7. The van der Waals surface area contributed by atoms with Crippen molar-refractivity contribution in [2.45, 2.75) is 18.9 Å². The van der Waals surface area contributed by atoms with Crippen LogP contribution in [0, 0.1) is 11.8 Å². The third-order valence-corrected chi connectivity index (χ3v) is 5.95. The molecule has 0 aliphatic carbocycles. The zero-order valence-corrected chi connectivity index (χ0v) is 19.7. The van der Waals surface area contributed by atoms with Crippen molar-refractivity contribution in [3.05, 3.63) is 71.4 Å². The van der Waals surface area contributed by atoms with Gasteiger partial charge in [0.15, 0.2) is 11.5 Å². The monoisotopic (exact) mass is 490 g/mol. The van der Waals surface area contributed by atoms with E-state index in [0.29, 0.717) is 35.7 Å². The smallest absolute Gasteiger partial charge is 0.336 e. The molecule has 5 rings (SSSR count). The largest absolute Gasteiger partial charge is 0.457 e. The number of ether oxygens (including phenoxy) is 1. The Kier molecular flexibility index (Phi) is 6.60. The maximum absolute atomic E-state index is 13.9. The van der Waals surface area contributed by atoms with Crippen LogP contribution in [-0.2, 0) is 10.3 Å². The third-order valence-electron chi connectivity index (χ3n) is 5.95. The highest BCUT2D eigenvalue weighted by Gasteiger charge is 2.45. The first-order valence-electron chi connectivity index (χ1n) is 10.8. The molecule has 0 unspecified atom stereocenters. The predicted molar refractivity (Wildman–Crippen MR) is 135 cm³/mol. The van der Waals surface area contributed by atoms with Crippen molar-refractivity contribution in [2.75, 3.05) is 18.8 Å². The number of nitrogens with one attached hydrogen (secondary N) is 1. The van der Waals surface area contributed by atoms with Crippen LogP contribution in [0.4, 0.5) is 5.82 Å². The zero-order chi connectivity index (χ0) is 23.7. The summed E-state index contributed by atoms with van der Waals surface area (Å²) in [5.74, 6) is 6.40. The van der Waals surface area contributed by atoms with E-state index in [-0.39, 0.29) is 36.2 Å². The highest BCUT2D eigenvalue weighted by atomic mass is 35.5. The number of nitrogen functional groups attached to an aromatic ring is 1. The van der Waals surface area contributed by atoms with Gasteiger partial charge in [-0.1, -0.05) is 24.1 Å². The first-order valence-corrected chi connectivity index (χ1v) is 10.8. The molecule has 3 heterocycles. The average molecular weight is 491 g/mol. The summed E-state index contributed by atoms with van der Waals surface area (Å²) in [5, 5.41) is 3.19. The van der Waals surface area contributed by atoms with Crippen molar-refractivity contribution in [3.63, 3.8) is 0 Å². The van der Waals surface area contributed by atoms with E-state index in [4.69, 9.17) is 10.5 Å². The van der Waals surface area contributed by atoms with Gasteiger partial charge in [-0.2, -0.15) is 0 Å². The minimum atomic E-state index is -1.18. The van der Waals surface area contributed by atoms with Crippen molar-refractivity contribution in [1.82, 2.24) is 24.4 Å². The molecule has 178 valence electrons. The second kappa shape index (κ2) is 9.62. The summed E-state index contributed by atoms with van der Waals surface area (Å²) in [6.07, 6.45) is 1.70. The Morgan fingerprint density at radius 1 is 1.11 bits per heavy atom. The van der Waals surface area contributed by atoms with E-state index in [2.05, 4.69) is 27.1 Å². The minimum absolute atomic E-state index is 0. The highest BCUT2D eigenvalue weighted by Crippen LogP contribution is 2.31. The Balaban J connectivity index is 0.00000289. The quantitative estimate of drug-likeness (QED) is 0.326. The molecule has 0 radical (unpaired) electrons. The standard InChI is InChI=1S/C25H22N6O3.ClH/c1-2-6-20(32)25(13-14-27-15-25)31-23-21(22(26)28-16-29-23)30(24(31)33)17-9-11-19(12-10-17)34-18-7-4-3-5-8-18;/h3-5,7-12,16,27H,13-15H2,1H3,(H2,26,28,29);1H/t25-;/m1./s1. The lowest BCUT2D eigenvalue weighted by atomic mass is 9.92. The summed E-state index contributed by atoms with van der Waals surface area (Å²) in [5.41, 5.74) is 5.77. The molecule has 0 bridgehead atoms. The molecule has 1 atom stereocenters. The Morgan fingerprint density at radius 3 is 2.49 bits per heavy atom. The maximum atomic E-state index is 13.9. The SMILES string of the molecule is CC#CC(=O)[C@@]1(n2c(=O)n(-c3ccc(Oc4ccccc4)cc3)c3c(N)ncnc32)CCNC1.Cl. The van der Waals surface area contributed by atoms with Crippen molar-refractivity contribution < 1.29 is 9.53 Å². The molecule has 1 saturated heterocycles. The first kappa shape index (κ1) is 24.0. The molecule has 2 aromatic heterocycles. The van der Waals surface area contributed by atoms with Crippen LogP contribution in [0.1, 0.15) is 13.3 Å². The number of aromatic nitrogens is 4. The Labute approximate surface area is 207 Å². The number of anilines is 1. The number of para-hydroxylation sites is 1. The molecular formula is C25H23ClN6O3. The van der Waals surface area contributed by atoms with Crippen LogP contribution in [0.5, 0.6) is 11.5 Å². The molecule has 4 aromatic rings. The Hall–Kier alpha value is -4.13. The lowest BCUT2D eigenvalue weighted by molar-refractivity contribution is -0.121. The summed E-state index contributed by atoms with van der Waals surface area (Å²) >= 11 is 0. The predicted octanol–water partition coefficient (Wildman–Crippen LogP) is 2.66. The molecule has 0 spiro atoms. The van der Waals surface area contributed by atoms with Gasteiger partial charge in [-0.15, -0.1) is 12.4 Å². The normalized spacial score (nSPS) is 16.8. The van der Waals surface area contributed by atoms with E-state index in [1.54, 1.807) is 31.2 Å². The topological polar surface area (TPSA) is 117 Å². The van der Waals surface area contributed by atoms with Gasteiger partial charge < -0.3 is 15.8 Å². The lowest BCUT2D eigenvalue weighted by Crippen LogP contribution is -2.48. The molecule has 35 heavy (non-hydrogen) atoms. The number of carbonyl (C=O) groups is 1. The van der Waals surface area contributed by atoms with E-state index in [1.807, 2.05) is 30.3 Å². The first-order chi connectivity index (χ1) is 16.5. The molecule has 1 fully saturated rings. The number of benzene rings is 2. The van der Waals surface area contributed by atoms with Crippen LogP contribution in [0.2, 0.25) is 0 Å². The van der Waals surface area contributed by atoms with E-state index >= 15 is 0 Å². The molecule has 0 amide bonds. The molecular weight excluding hydrogens is 468 g/mol. The van der Waals surface area contributed by atoms with Crippen LogP contribution < -0.4 is 21.5 Å². The van der Waals surface area contributed by atoms with E-state index in [9.17, 15) is 9.59 Å². The van der Waals surface area contributed by atoms with Gasteiger partial charge in [0.1, 0.15) is 28.9 Å². The molecule has 1 aliphatic heterocycles. The van der Waals surface area contributed by atoms with Gasteiger partial charge in [0.2, 0.25) is 5.78 Å². The zero-order valence-electron chi connectivity index (χ0n) is 18.9. The van der Waals surface area contributed by atoms with Crippen LogP contribution in [0.3, 0.4) is 0 Å². The Bertz CT molecular complexity index is 1490. The number of hydrogen-bond donors (Lipinski definition) is 2. The number of nitrogens with two attached hydrogens (primary N) is 1. The van der Waals surface area contributed by atoms with Crippen LogP contribution in [-0.4, -0.2) is 38.0 Å². The third kappa shape index (κ3) is 4.03. The minimum Gasteiger partial charge on any atom is -0.457 e. The number of halogens is 1. The van der Waals surface area contributed by atoms with E-state index in [0.717, 1.165) is 0 Å².